The molecule has 1 aliphatic heterocycles. The van der Waals surface area contributed by atoms with Crippen LogP contribution in [0.3, 0.4) is 0 Å². The summed E-state index contributed by atoms with van der Waals surface area (Å²) < 4.78 is 15.0. The smallest absolute Gasteiger partial charge is 0.257 e. The zero-order valence-electron chi connectivity index (χ0n) is 16.0. The number of likely N-dealkylation sites (N-methyl/N-ethyl adjacent to an activating group) is 1. The molecule has 5 nitrogen and oxygen atoms in total. The predicted octanol–water partition coefficient (Wildman–Crippen LogP) is 3.18. The van der Waals surface area contributed by atoms with Crippen LogP contribution in [0.25, 0.3) is 5.69 Å². The van der Waals surface area contributed by atoms with Gasteiger partial charge in [-0.1, -0.05) is 30.3 Å². The number of para-hydroxylation sites is 1. The number of rotatable bonds is 4. The van der Waals surface area contributed by atoms with Crippen LogP contribution in [-0.4, -0.2) is 58.7 Å². The maximum Gasteiger partial charge on any atom is 0.257 e. The van der Waals surface area contributed by atoms with Crippen LogP contribution in [0.5, 0.6) is 0 Å². The topological polar surface area (TPSA) is 41.4 Å². The lowest BCUT2D eigenvalue weighted by molar-refractivity contribution is 0.0782. The van der Waals surface area contributed by atoms with Gasteiger partial charge in [-0.3, -0.25) is 4.79 Å². The number of aromatic nitrogens is 2. The number of hydrogen-bond acceptors (Lipinski definition) is 3. The lowest BCUT2D eigenvalue weighted by Crippen LogP contribution is -2.35. The predicted molar refractivity (Wildman–Crippen MR) is 106 cm³/mol. The van der Waals surface area contributed by atoms with Crippen molar-refractivity contribution in [3.05, 3.63) is 83.9 Å². The minimum atomic E-state index is -0.246. The van der Waals surface area contributed by atoms with Crippen molar-refractivity contribution in [2.75, 3.05) is 27.2 Å². The molecule has 28 heavy (non-hydrogen) atoms. The number of amides is 1. The third-order valence-corrected chi connectivity index (χ3v) is 5.39. The summed E-state index contributed by atoms with van der Waals surface area (Å²) in [7, 11) is 4.03. The summed E-state index contributed by atoms with van der Waals surface area (Å²) in [5.74, 6) is -0.133. The maximum absolute atomic E-state index is 13.3. The van der Waals surface area contributed by atoms with E-state index in [0.717, 1.165) is 11.3 Å². The van der Waals surface area contributed by atoms with Gasteiger partial charge in [0.15, 0.2) is 0 Å². The van der Waals surface area contributed by atoms with Gasteiger partial charge in [-0.2, -0.15) is 5.10 Å². The van der Waals surface area contributed by atoms with Gasteiger partial charge in [0, 0.05) is 31.2 Å². The Kier molecular flexibility index (Phi) is 4.96. The van der Waals surface area contributed by atoms with Crippen LogP contribution in [0.4, 0.5) is 4.39 Å². The van der Waals surface area contributed by atoms with Crippen LogP contribution < -0.4 is 0 Å². The number of likely N-dealkylation sites (tertiary alicyclic amines) is 1. The normalized spacial score (nSPS) is 19.4. The molecule has 144 valence electrons. The number of nitrogens with zero attached hydrogens (tertiary/aromatic N) is 4. The third kappa shape index (κ3) is 3.55. The van der Waals surface area contributed by atoms with Gasteiger partial charge in [-0.05, 0) is 43.9 Å². The molecule has 1 fully saturated rings. The van der Waals surface area contributed by atoms with Crippen molar-refractivity contribution in [3.8, 4) is 5.69 Å². The summed E-state index contributed by atoms with van der Waals surface area (Å²) in [5.41, 5.74) is 2.54. The fourth-order valence-electron chi connectivity index (χ4n) is 3.85. The summed E-state index contributed by atoms with van der Waals surface area (Å²) in [6.45, 7) is 1.23. The summed E-state index contributed by atoms with van der Waals surface area (Å²) in [4.78, 5) is 17.1. The van der Waals surface area contributed by atoms with Gasteiger partial charge in [0.05, 0.1) is 17.4 Å². The molecule has 0 aliphatic carbocycles. The molecular formula is C22H23FN4O. The molecule has 1 aromatic heterocycles. The van der Waals surface area contributed by atoms with Crippen LogP contribution in [-0.2, 0) is 0 Å². The molecule has 2 atom stereocenters. The fraction of sp³-hybridized carbons (Fsp3) is 0.273. The molecule has 2 aromatic carbocycles. The minimum absolute atomic E-state index is 0.0290. The lowest BCUT2D eigenvalue weighted by atomic mass is 9.94. The van der Waals surface area contributed by atoms with Crippen LogP contribution in [0.15, 0.2) is 67.0 Å². The highest BCUT2D eigenvalue weighted by atomic mass is 19.1. The minimum Gasteiger partial charge on any atom is -0.336 e. The zero-order valence-corrected chi connectivity index (χ0v) is 16.0. The Morgan fingerprint density at radius 2 is 1.79 bits per heavy atom. The van der Waals surface area contributed by atoms with Crippen LogP contribution in [0, 0.1) is 5.82 Å². The molecule has 0 saturated carbocycles. The van der Waals surface area contributed by atoms with Crippen molar-refractivity contribution < 1.29 is 9.18 Å². The Morgan fingerprint density at radius 3 is 2.46 bits per heavy atom. The van der Waals surface area contributed by atoms with Gasteiger partial charge in [-0.25, -0.2) is 9.07 Å². The maximum atomic E-state index is 13.3. The second kappa shape index (κ2) is 7.56. The molecule has 6 heteroatoms. The first-order valence-corrected chi connectivity index (χ1v) is 9.34. The Balaban J connectivity index is 1.55. The SMILES string of the molecule is CN(C)[C@@H]1CN(C(=O)c2cnn(-c3ccccc3)c2)C[C@H]1c1ccc(F)cc1. The number of halogens is 1. The molecule has 1 aliphatic rings. The number of carbonyl (C=O) groups is 1. The molecule has 1 saturated heterocycles. The molecule has 4 rings (SSSR count). The van der Waals surface area contributed by atoms with Crippen molar-refractivity contribution in [2.45, 2.75) is 12.0 Å². The molecule has 0 bridgehead atoms. The first-order chi connectivity index (χ1) is 13.5. The van der Waals surface area contributed by atoms with Gasteiger partial charge >= 0.3 is 0 Å². The molecule has 0 radical (unpaired) electrons. The Morgan fingerprint density at radius 1 is 1.07 bits per heavy atom. The van der Waals surface area contributed by atoms with Crippen LogP contribution in [0.2, 0.25) is 0 Å². The highest BCUT2D eigenvalue weighted by molar-refractivity contribution is 5.94. The zero-order chi connectivity index (χ0) is 19.7. The fourth-order valence-corrected chi connectivity index (χ4v) is 3.85. The molecule has 0 N–H and O–H groups in total. The second-order valence-electron chi connectivity index (χ2n) is 7.41. The standard InChI is InChI=1S/C22H23FN4O/c1-25(2)21-15-26(14-20(21)16-8-10-18(23)11-9-16)22(28)17-12-24-27(13-17)19-6-4-3-5-7-19/h3-13,20-21H,14-15H2,1-2H3/t20-,21+/m0/s1. The van der Waals surface area contributed by atoms with Crippen molar-refractivity contribution in [2.24, 2.45) is 0 Å². The van der Waals surface area contributed by atoms with Gasteiger partial charge < -0.3 is 9.80 Å². The van der Waals surface area contributed by atoms with E-state index in [2.05, 4.69) is 10.00 Å². The first-order valence-electron chi connectivity index (χ1n) is 9.34. The van der Waals surface area contributed by atoms with Crippen molar-refractivity contribution in [3.63, 3.8) is 0 Å². The van der Waals surface area contributed by atoms with Crippen molar-refractivity contribution in [1.29, 1.82) is 0 Å². The highest BCUT2D eigenvalue weighted by Gasteiger charge is 2.37. The number of hydrogen-bond donors (Lipinski definition) is 0. The summed E-state index contributed by atoms with van der Waals surface area (Å²) in [6.07, 6.45) is 3.39. The Bertz CT molecular complexity index is 952. The molecular weight excluding hydrogens is 355 g/mol. The van der Waals surface area contributed by atoms with E-state index in [1.165, 1.54) is 12.1 Å². The molecule has 0 spiro atoms. The molecule has 2 heterocycles. The average molecular weight is 378 g/mol. The second-order valence-corrected chi connectivity index (χ2v) is 7.41. The van der Waals surface area contributed by atoms with Crippen molar-refractivity contribution in [1.82, 2.24) is 19.6 Å². The first kappa shape index (κ1) is 18.4. The van der Waals surface area contributed by atoms with E-state index in [0.29, 0.717) is 18.7 Å². The van der Waals surface area contributed by atoms with Crippen LogP contribution in [0.1, 0.15) is 21.8 Å². The van der Waals surface area contributed by atoms with Gasteiger partial charge in [0.25, 0.3) is 5.91 Å². The molecule has 3 aromatic rings. The monoisotopic (exact) mass is 378 g/mol. The van der Waals surface area contributed by atoms with Crippen LogP contribution >= 0.6 is 0 Å². The molecule has 1 amide bonds. The summed E-state index contributed by atoms with van der Waals surface area (Å²) >= 11 is 0. The summed E-state index contributed by atoms with van der Waals surface area (Å²) in [6, 6.07) is 16.5. The number of carbonyl (C=O) groups excluding carboxylic acids is 1. The van der Waals surface area contributed by atoms with E-state index >= 15 is 0 Å². The lowest BCUT2D eigenvalue weighted by Gasteiger charge is -2.25. The van der Waals surface area contributed by atoms with Gasteiger partial charge in [0.1, 0.15) is 5.82 Å². The Hall–Kier alpha value is -2.99. The Labute approximate surface area is 164 Å². The van der Waals surface area contributed by atoms with Gasteiger partial charge in [-0.15, -0.1) is 0 Å². The molecule has 0 unspecified atom stereocenters. The average Bonchev–Trinajstić information content (AvgIpc) is 3.37. The van der Waals surface area contributed by atoms with Gasteiger partial charge in [0.2, 0.25) is 0 Å². The highest BCUT2D eigenvalue weighted by Crippen LogP contribution is 2.31. The van der Waals surface area contributed by atoms with E-state index in [9.17, 15) is 9.18 Å². The number of benzene rings is 2. The van der Waals surface area contributed by atoms with E-state index in [1.807, 2.05) is 61.5 Å². The van der Waals surface area contributed by atoms with E-state index < -0.39 is 0 Å². The van der Waals surface area contributed by atoms with E-state index in [1.54, 1.807) is 17.1 Å². The third-order valence-electron chi connectivity index (χ3n) is 5.39. The van der Waals surface area contributed by atoms with Crippen molar-refractivity contribution >= 4 is 5.91 Å². The summed E-state index contributed by atoms with van der Waals surface area (Å²) in [5, 5.41) is 4.34. The quantitative estimate of drug-likeness (QED) is 0.700. The largest absolute Gasteiger partial charge is 0.336 e. The van der Waals surface area contributed by atoms with E-state index in [4.69, 9.17) is 0 Å². The van der Waals surface area contributed by atoms with E-state index in [-0.39, 0.29) is 23.7 Å².